The van der Waals surface area contributed by atoms with Crippen LogP contribution in [0.5, 0.6) is 0 Å². The van der Waals surface area contributed by atoms with E-state index in [9.17, 15) is 8.42 Å². The zero-order valence-electron chi connectivity index (χ0n) is 16.8. The van der Waals surface area contributed by atoms with E-state index >= 15 is 0 Å². The summed E-state index contributed by atoms with van der Waals surface area (Å²) in [5.74, 6) is 0. The second kappa shape index (κ2) is 9.78. The number of nitrogens with one attached hydrogen (secondary N) is 1. The monoisotopic (exact) mass is 409 g/mol. The highest BCUT2D eigenvalue weighted by Gasteiger charge is 2.27. The first kappa shape index (κ1) is 21.2. The summed E-state index contributed by atoms with van der Waals surface area (Å²) in [6.45, 7) is 5.35. The lowest BCUT2D eigenvalue weighted by Crippen LogP contribution is -2.36. The highest BCUT2D eigenvalue weighted by atomic mass is 32.2. The zero-order valence-corrected chi connectivity index (χ0v) is 17.6. The topological polar surface area (TPSA) is 62.3 Å². The second-order valence-electron chi connectivity index (χ2n) is 7.20. The van der Waals surface area contributed by atoms with Crippen LogP contribution >= 0.6 is 0 Å². The minimum absolute atomic E-state index is 0.147. The molecule has 0 aliphatic carbocycles. The Bertz CT molecular complexity index is 1010. The summed E-state index contributed by atoms with van der Waals surface area (Å²) in [6.07, 6.45) is 1.76. The van der Waals surface area contributed by atoms with E-state index in [1.165, 1.54) is 0 Å². The largest absolute Gasteiger partial charge is 0.307 e. The van der Waals surface area contributed by atoms with Crippen LogP contribution < -0.4 is 5.32 Å². The molecule has 152 valence electrons. The van der Waals surface area contributed by atoms with Gasteiger partial charge in [0.25, 0.3) is 0 Å². The molecule has 3 rings (SSSR count). The molecule has 0 saturated carbocycles. The van der Waals surface area contributed by atoms with Gasteiger partial charge < -0.3 is 5.32 Å². The van der Waals surface area contributed by atoms with Crippen molar-refractivity contribution >= 4 is 10.0 Å². The maximum absolute atomic E-state index is 13.3. The normalized spacial score (nSPS) is 11.9. The number of pyridine rings is 1. The van der Waals surface area contributed by atoms with Crippen LogP contribution in [0.2, 0.25) is 0 Å². The predicted molar refractivity (Wildman–Crippen MR) is 116 cm³/mol. The fourth-order valence-electron chi connectivity index (χ4n) is 3.10. The molecule has 2 aromatic carbocycles. The highest BCUT2D eigenvalue weighted by Crippen LogP contribution is 2.22. The molecule has 0 amide bonds. The summed E-state index contributed by atoms with van der Waals surface area (Å²) >= 11 is 0. The molecule has 0 aliphatic rings. The quantitative estimate of drug-likeness (QED) is 0.581. The van der Waals surface area contributed by atoms with E-state index in [0.717, 1.165) is 16.8 Å². The fraction of sp³-hybridized carbons (Fsp3) is 0.261. The van der Waals surface area contributed by atoms with Crippen LogP contribution in [0, 0.1) is 0 Å². The van der Waals surface area contributed by atoms with Crippen LogP contribution in [0.15, 0.2) is 83.9 Å². The summed E-state index contributed by atoms with van der Waals surface area (Å²) in [5, 5.41) is 3.32. The highest BCUT2D eigenvalue weighted by molar-refractivity contribution is 7.89. The van der Waals surface area contributed by atoms with E-state index in [2.05, 4.69) is 10.3 Å². The van der Waals surface area contributed by atoms with Crippen molar-refractivity contribution in [2.75, 3.05) is 0 Å². The number of benzene rings is 2. The maximum atomic E-state index is 13.3. The Morgan fingerprint density at radius 2 is 1.62 bits per heavy atom. The number of hydrogen-bond donors (Lipinski definition) is 1. The third-order valence-corrected chi connectivity index (χ3v) is 6.64. The van der Waals surface area contributed by atoms with Crippen LogP contribution in [0.1, 0.15) is 30.7 Å². The molecule has 5 nitrogen and oxygen atoms in total. The molecule has 0 radical (unpaired) electrons. The number of hydrogen-bond acceptors (Lipinski definition) is 4. The van der Waals surface area contributed by atoms with Crippen LogP contribution in [0.4, 0.5) is 0 Å². The Balaban J connectivity index is 1.74. The van der Waals surface area contributed by atoms with Gasteiger partial charge in [-0.1, -0.05) is 48.5 Å². The minimum atomic E-state index is -3.61. The van der Waals surface area contributed by atoms with Gasteiger partial charge in [-0.2, -0.15) is 4.31 Å². The molecule has 0 saturated heterocycles. The predicted octanol–water partition coefficient (Wildman–Crippen LogP) is 3.97. The Labute approximate surface area is 173 Å². The smallest absolute Gasteiger partial charge is 0.243 e. The molecule has 1 aromatic heterocycles. The Morgan fingerprint density at radius 3 is 2.31 bits per heavy atom. The lowest BCUT2D eigenvalue weighted by Gasteiger charge is -2.26. The molecule has 0 fully saturated rings. The van der Waals surface area contributed by atoms with Gasteiger partial charge in [0.05, 0.1) is 10.6 Å². The standard InChI is InChI=1S/C23H27N3O2S/c1-19(2)26(18-20-9-4-3-5-10-20)29(27,28)23-13-8-11-21(15-23)16-24-17-22-12-6-7-14-25-22/h3-15,19,24H,16-18H2,1-2H3. The molecule has 1 heterocycles. The maximum Gasteiger partial charge on any atom is 0.243 e. The number of rotatable bonds is 9. The molecule has 6 heteroatoms. The molecule has 1 N–H and O–H groups in total. The van der Waals surface area contributed by atoms with E-state index in [-0.39, 0.29) is 6.04 Å². The van der Waals surface area contributed by atoms with Crippen molar-refractivity contribution < 1.29 is 8.42 Å². The van der Waals surface area contributed by atoms with Gasteiger partial charge in [-0.05, 0) is 49.2 Å². The summed E-state index contributed by atoms with van der Waals surface area (Å²) in [4.78, 5) is 4.60. The molecule has 0 unspecified atom stereocenters. The third kappa shape index (κ3) is 5.73. The molecular formula is C23H27N3O2S. The van der Waals surface area contributed by atoms with Crippen molar-refractivity contribution in [3.63, 3.8) is 0 Å². The molecule has 0 aliphatic heterocycles. The first-order valence-corrected chi connectivity index (χ1v) is 11.2. The van der Waals surface area contributed by atoms with Gasteiger partial charge in [0.15, 0.2) is 0 Å². The Kier molecular flexibility index (Phi) is 7.14. The molecule has 0 atom stereocenters. The SMILES string of the molecule is CC(C)N(Cc1ccccc1)S(=O)(=O)c1cccc(CNCc2ccccn2)c1. The minimum Gasteiger partial charge on any atom is -0.307 e. The van der Waals surface area contributed by atoms with Gasteiger partial charge in [0, 0.05) is 31.9 Å². The summed E-state index contributed by atoms with van der Waals surface area (Å²) in [6, 6.07) is 22.5. The van der Waals surface area contributed by atoms with Crippen molar-refractivity contribution in [2.24, 2.45) is 0 Å². The molecule has 0 bridgehead atoms. The van der Waals surface area contributed by atoms with Crippen LogP contribution in [-0.2, 0) is 29.7 Å². The van der Waals surface area contributed by atoms with Crippen molar-refractivity contribution in [3.05, 3.63) is 95.8 Å². The molecular weight excluding hydrogens is 382 g/mol. The second-order valence-corrected chi connectivity index (χ2v) is 9.09. The number of nitrogens with zero attached hydrogens (tertiary/aromatic N) is 2. The molecule has 0 spiro atoms. The van der Waals surface area contributed by atoms with Gasteiger partial charge in [-0.3, -0.25) is 4.98 Å². The lowest BCUT2D eigenvalue weighted by molar-refractivity contribution is 0.348. The van der Waals surface area contributed by atoms with Gasteiger partial charge in [0.1, 0.15) is 0 Å². The van der Waals surface area contributed by atoms with Crippen molar-refractivity contribution in [1.29, 1.82) is 0 Å². The molecule has 3 aromatic rings. The van der Waals surface area contributed by atoms with E-state index in [0.29, 0.717) is 24.5 Å². The number of sulfonamides is 1. The third-order valence-electron chi connectivity index (χ3n) is 4.62. The lowest BCUT2D eigenvalue weighted by atomic mass is 10.2. The van der Waals surface area contributed by atoms with Crippen molar-refractivity contribution in [2.45, 2.75) is 44.4 Å². The Morgan fingerprint density at radius 1 is 0.897 bits per heavy atom. The zero-order chi connectivity index (χ0) is 20.7. The average molecular weight is 410 g/mol. The molecule has 29 heavy (non-hydrogen) atoms. The van der Waals surface area contributed by atoms with Crippen LogP contribution in [0.3, 0.4) is 0 Å². The first-order chi connectivity index (χ1) is 14.0. The fourth-order valence-corrected chi connectivity index (χ4v) is 4.79. The van der Waals surface area contributed by atoms with Gasteiger partial charge in [-0.25, -0.2) is 8.42 Å². The van der Waals surface area contributed by atoms with E-state index in [1.54, 1.807) is 28.7 Å². The van der Waals surface area contributed by atoms with E-state index in [1.807, 2.05) is 68.4 Å². The van der Waals surface area contributed by atoms with E-state index in [4.69, 9.17) is 0 Å². The van der Waals surface area contributed by atoms with Gasteiger partial charge in [-0.15, -0.1) is 0 Å². The van der Waals surface area contributed by atoms with Crippen LogP contribution in [-0.4, -0.2) is 23.7 Å². The van der Waals surface area contributed by atoms with Crippen LogP contribution in [0.25, 0.3) is 0 Å². The first-order valence-electron chi connectivity index (χ1n) is 9.72. The number of aromatic nitrogens is 1. The van der Waals surface area contributed by atoms with E-state index < -0.39 is 10.0 Å². The summed E-state index contributed by atoms with van der Waals surface area (Å²) in [7, 11) is -3.61. The van der Waals surface area contributed by atoms with Gasteiger partial charge >= 0.3 is 0 Å². The van der Waals surface area contributed by atoms with Gasteiger partial charge in [0.2, 0.25) is 10.0 Å². The van der Waals surface area contributed by atoms with Crippen molar-refractivity contribution in [3.8, 4) is 0 Å². The average Bonchev–Trinajstić information content (AvgIpc) is 2.73. The summed E-state index contributed by atoms with van der Waals surface area (Å²) < 4.78 is 28.2. The van der Waals surface area contributed by atoms with Crippen molar-refractivity contribution in [1.82, 2.24) is 14.6 Å². The Hall–Kier alpha value is -2.54. The summed E-state index contributed by atoms with van der Waals surface area (Å²) in [5.41, 5.74) is 2.84.